The largest absolute Gasteiger partial charge is 0.463 e. The van der Waals surface area contributed by atoms with E-state index in [0.717, 1.165) is 18.8 Å². The van der Waals surface area contributed by atoms with Crippen LogP contribution in [0.3, 0.4) is 0 Å². The number of hydrogen-bond donors (Lipinski definition) is 2. The minimum Gasteiger partial charge on any atom is -0.463 e. The maximum Gasteiger partial charge on any atom is 0.305 e. The van der Waals surface area contributed by atoms with Crippen LogP contribution in [0.2, 0.25) is 0 Å². The summed E-state index contributed by atoms with van der Waals surface area (Å²) in [6.07, 6.45) is 11.9. The summed E-state index contributed by atoms with van der Waals surface area (Å²) >= 11 is 0. The van der Waals surface area contributed by atoms with Crippen LogP contribution in [-0.4, -0.2) is 35.5 Å². The molecule has 0 saturated heterocycles. The van der Waals surface area contributed by atoms with Crippen molar-refractivity contribution in [2.75, 3.05) is 13.2 Å². The second-order valence-corrected chi connectivity index (χ2v) is 6.63. The lowest BCUT2D eigenvalue weighted by Crippen LogP contribution is -2.21. The van der Waals surface area contributed by atoms with Crippen molar-refractivity contribution in [3.63, 3.8) is 0 Å². The van der Waals surface area contributed by atoms with Gasteiger partial charge in [-0.25, -0.2) is 0 Å². The number of carbonyl (C=O) groups excluding carboxylic acids is 1. The molecule has 2 N–H and O–H groups in total. The lowest BCUT2D eigenvalue weighted by molar-refractivity contribution is -0.147. The molecule has 0 aromatic carbocycles. The summed E-state index contributed by atoms with van der Waals surface area (Å²) in [5, 5.41) is 17.6. The Hall–Kier alpha value is -0.610. The summed E-state index contributed by atoms with van der Waals surface area (Å²) in [6.45, 7) is 4.09. The van der Waals surface area contributed by atoms with E-state index in [2.05, 4.69) is 13.8 Å². The standard InChI is InChI=1S/C18H36O4/c1-16(2)12-10-8-6-4-3-5-7-9-11-13-18(21)22-15-17(20)14-19/h16-17,19-20H,3-15H2,1-2H3. The SMILES string of the molecule is CC(C)CCCCCCCCCCCC(=O)OCC(O)CO. The lowest BCUT2D eigenvalue weighted by Gasteiger charge is -2.08. The Labute approximate surface area is 136 Å². The smallest absolute Gasteiger partial charge is 0.305 e. The predicted molar refractivity (Wildman–Crippen MR) is 89.7 cm³/mol. The van der Waals surface area contributed by atoms with E-state index >= 15 is 0 Å². The zero-order chi connectivity index (χ0) is 16.6. The normalized spacial score (nSPS) is 12.6. The van der Waals surface area contributed by atoms with E-state index < -0.39 is 6.10 Å². The zero-order valence-electron chi connectivity index (χ0n) is 14.6. The molecule has 132 valence electrons. The summed E-state index contributed by atoms with van der Waals surface area (Å²) in [5.41, 5.74) is 0. The maximum atomic E-state index is 11.3. The molecular formula is C18H36O4. The van der Waals surface area contributed by atoms with Gasteiger partial charge in [0.15, 0.2) is 0 Å². The molecule has 0 amide bonds. The van der Waals surface area contributed by atoms with Crippen LogP contribution in [0.25, 0.3) is 0 Å². The number of carbonyl (C=O) groups is 1. The highest BCUT2D eigenvalue weighted by atomic mass is 16.5. The number of esters is 1. The Bertz CT molecular complexity index is 253. The minimum absolute atomic E-state index is 0.105. The van der Waals surface area contributed by atoms with Crippen LogP contribution in [0, 0.1) is 5.92 Å². The van der Waals surface area contributed by atoms with Crippen molar-refractivity contribution in [2.45, 2.75) is 90.6 Å². The Morgan fingerprint density at radius 2 is 1.41 bits per heavy atom. The molecule has 0 aromatic rings. The van der Waals surface area contributed by atoms with Crippen molar-refractivity contribution in [3.8, 4) is 0 Å². The van der Waals surface area contributed by atoms with Crippen molar-refractivity contribution >= 4 is 5.97 Å². The number of ether oxygens (including phenoxy) is 1. The van der Waals surface area contributed by atoms with Gasteiger partial charge in [-0.2, -0.15) is 0 Å². The summed E-state index contributed by atoms with van der Waals surface area (Å²) in [6, 6.07) is 0. The van der Waals surface area contributed by atoms with Gasteiger partial charge in [0.2, 0.25) is 0 Å². The molecular weight excluding hydrogens is 280 g/mol. The Morgan fingerprint density at radius 1 is 0.909 bits per heavy atom. The van der Waals surface area contributed by atoms with Crippen LogP contribution in [0.1, 0.15) is 84.5 Å². The fourth-order valence-electron chi connectivity index (χ4n) is 2.37. The van der Waals surface area contributed by atoms with Gasteiger partial charge in [-0.15, -0.1) is 0 Å². The number of hydrogen-bond acceptors (Lipinski definition) is 4. The molecule has 0 aliphatic rings. The van der Waals surface area contributed by atoms with Gasteiger partial charge in [0, 0.05) is 6.42 Å². The van der Waals surface area contributed by atoms with Crippen LogP contribution in [-0.2, 0) is 9.53 Å². The fourth-order valence-corrected chi connectivity index (χ4v) is 2.37. The summed E-state index contributed by atoms with van der Waals surface area (Å²) < 4.78 is 4.85. The van der Waals surface area contributed by atoms with Crippen LogP contribution in [0.4, 0.5) is 0 Å². The number of aliphatic hydroxyl groups excluding tert-OH is 2. The lowest BCUT2D eigenvalue weighted by atomic mass is 10.0. The molecule has 0 bridgehead atoms. The molecule has 0 aliphatic carbocycles. The van der Waals surface area contributed by atoms with Crippen LogP contribution >= 0.6 is 0 Å². The maximum absolute atomic E-state index is 11.3. The first-order valence-corrected chi connectivity index (χ1v) is 9.00. The number of unbranched alkanes of at least 4 members (excludes halogenated alkanes) is 8. The number of aliphatic hydroxyl groups is 2. The second-order valence-electron chi connectivity index (χ2n) is 6.63. The van der Waals surface area contributed by atoms with E-state index in [9.17, 15) is 4.79 Å². The molecule has 0 saturated carbocycles. The third-order valence-electron chi connectivity index (χ3n) is 3.81. The molecule has 1 atom stereocenters. The molecule has 0 aliphatic heterocycles. The Morgan fingerprint density at radius 3 is 1.91 bits per heavy atom. The van der Waals surface area contributed by atoms with Crippen molar-refractivity contribution in [1.29, 1.82) is 0 Å². The van der Waals surface area contributed by atoms with Crippen molar-refractivity contribution < 1.29 is 19.7 Å². The van der Waals surface area contributed by atoms with Gasteiger partial charge in [-0.1, -0.05) is 71.6 Å². The van der Waals surface area contributed by atoms with E-state index in [0.29, 0.717) is 6.42 Å². The average molecular weight is 316 g/mol. The van der Waals surface area contributed by atoms with Gasteiger partial charge in [-0.3, -0.25) is 4.79 Å². The first-order valence-electron chi connectivity index (χ1n) is 9.00. The number of rotatable bonds is 15. The highest BCUT2D eigenvalue weighted by molar-refractivity contribution is 5.69. The molecule has 4 heteroatoms. The molecule has 1 unspecified atom stereocenters. The topological polar surface area (TPSA) is 66.8 Å². The Kier molecular flexibility index (Phi) is 14.9. The molecule has 0 fully saturated rings. The third-order valence-corrected chi connectivity index (χ3v) is 3.81. The molecule has 0 heterocycles. The van der Waals surface area contributed by atoms with E-state index in [1.54, 1.807) is 0 Å². The second kappa shape index (κ2) is 15.3. The van der Waals surface area contributed by atoms with Gasteiger partial charge in [0.05, 0.1) is 6.61 Å². The highest BCUT2D eigenvalue weighted by Gasteiger charge is 2.07. The fraction of sp³-hybridized carbons (Fsp3) is 0.944. The molecule has 0 spiro atoms. The van der Waals surface area contributed by atoms with Gasteiger partial charge in [0.1, 0.15) is 12.7 Å². The monoisotopic (exact) mass is 316 g/mol. The Balaban J connectivity index is 3.18. The van der Waals surface area contributed by atoms with Gasteiger partial charge in [-0.05, 0) is 12.3 Å². The van der Waals surface area contributed by atoms with Crippen LogP contribution < -0.4 is 0 Å². The molecule has 22 heavy (non-hydrogen) atoms. The molecule has 0 radical (unpaired) electrons. The van der Waals surface area contributed by atoms with Gasteiger partial charge < -0.3 is 14.9 Å². The van der Waals surface area contributed by atoms with E-state index in [1.807, 2.05) is 0 Å². The van der Waals surface area contributed by atoms with Gasteiger partial charge >= 0.3 is 5.97 Å². The quantitative estimate of drug-likeness (QED) is 0.356. The van der Waals surface area contributed by atoms with E-state index in [1.165, 1.54) is 51.4 Å². The summed E-state index contributed by atoms with van der Waals surface area (Å²) in [4.78, 5) is 11.3. The van der Waals surface area contributed by atoms with E-state index in [4.69, 9.17) is 14.9 Å². The van der Waals surface area contributed by atoms with Crippen molar-refractivity contribution in [1.82, 2.24) is 0 Å². The van der Waals surface area contributed by atoms with Gasteiger partial charge in [0.25, 0.3) is 0 Å². The van der Waals surface area contributed by atoms with Crippen LogP contribution in [0.15, 0.2) is 0 Å². The van der Waals surface area contributed by atoms with Crippen molar-refractivity contribution in [3.05, 3.63) is 0 Å². The zero-order valence-corrected chi connectivity index (χ0v) is 14.6. The first-order chi connectivity index (χ1) is 10.6. The highest BCUT2D eigenvalue weighted by Crippen LogP contribution is 2.13. The summed E-state index contributed by atoms with van der Waals surface area (Å²) in [7, 11) is 0. The average Bonchev–Trinajstić information content (AvgIpc) is 2.49. The predicted octanol–water partition coefficient (Wildman–Crippen LogP) is 3.83. The third kappa shape index (κ3) is 15.8. The van der Waals surface area contributed by atoms with E-state index in [-0.39, 0.29) is 19.2 Å². The first kappa shape index (κ1) is 21.4. The molecule has 0 aromatic heterocycles. The van der Waals surface area contributed by atoms with Crippen LogP contribution in [0.5, 0.6) is 0 Å². The summed E-state index contributed by atoms with van der Waals surface area (Å²) in [5.74, 6) is 0.552. The molecule has 0 rings (SSSR count). The van der Waals surface area contributed by atoms with Crippen molar-refractivity contribution in [2.24, 2.45) is 5.92 Å². The molecule has 4 nitrogen and oxygen atoms in total. The minimum atomic E-state index is -0.954.